The van der Waals surface area contributed by atoms with Crippen LogP contribution in [0.4, 0.5) is 0 Å². The molecule has 3 amide bonds. The van der Waals surface area contributed by atoms with Crippen molar-refractivity contribution < 1.29 is 33.4 Å². The van der Waals surface area contributed by atoms with Crippen molar-refractivity contribution in [3.8, 4) is 0 Å². The highest BCUT2D eigenvalue weighted by atomic mass is 33.1. The van der Waals surface area contributed by atoms with Gasteiger partial charge in [-0.1, -0.05) is 21.6 Å². The molecule has 5 N–H and O–H groups in total. The van der Waals surface area contributed by atoms with Gasteiger partial charge in [-0.2, -0.15) is 0 Å². The smallest absolute Gasteiger partial charge is 0.325 e. The van der Waals surface area contributed by atoms with E-state index < -0.39 is 35.8 Å². The maximum absolute atomic E-state index is 12.2. The average molecular weight is 439 g/mol. The summed E-state index contributed by atoms with van der Waals surface area (Å²) < 4.78 is 8.92. The molecule has 2 atom stereocenters. The van der Waals surface area contributed by atoms with Crippen LogP contribution in [0.15, 0.2) is 0 Å². The summed E-state index contributed by atoms with van der Waals surface area (Å²) in [7, 11) is 6.31. The van der Waals surface area contributed by atoms with Gasteiger partial charge >= 0.3 is 11.9 Å². The lowest BCUT2D eigenvalue weighted by atomic mass is 10.1. The number of esters is 2. The normalized spacial score (nSPS) is 12.3. The van der Waals surface area contributed by atoms with Crippen molar-refractivity contribution in [3.05, 3.63) is 0 Å². The SMILES string of the molecule is CNC(=O)CSSCC(NC(=O)CCC(N)C(=O)OC)C(=O)NCC(=O)OC. The Morgan fingerprint density at radius 2 is 1.71 bits per heavy atom. The summed E-state index contributed by atoms with van der Waals surface area (Å²) in [4.78, 5) is 58.0. The summed E-state index contributed by atoms with van der Waals surface area (Å²) in [6, 6.07) is -1.89. The molecule has 0 spiro atoms. The highest BCUT2D eigenvalue weighted by Crippen LogP contribution is 2.21. The predicted octanol–water partition coefficient (Wildman–Crippen LogP) is -1.83. The van der Waals surface area contributed by atoms with Gasteiger partial charge in [0.2, 0.25) is 17.7 Å². The number of hydrogen-bond donors (Lipinski definition) is 4. The van der Waals surface area contributed by atoms with Crippen LogP contribution in [0.2, 0.25) is 0 Å². The zero-order valence-electron chi connectivity index (χ0n) is 15.9. The lowest BCUT2D eigenvalue weighted by Gasteiger charge is -2.18. The Morgan fingerprint density at radius 3 is 2.29 bits per heavy atom. The van der Waals surface area contributed by atoms with Gasteiger partial charge in [0.15, 0.2) is 0 Å². The number of carbonyl (C=O) groups excluding carboxylic acids is 5. The molecule has 0 saturated carbocycles. The van der Waals surface area contributed by atoms with Crippen LogP contribution >= 0.6 is 21.6 Å². The molecule has 11 nitrogen and oxygen atoms in total. The number of methoxy groups -OCH3 is 2. The Morgan fingerprint density at radius 1 is 1.04 bits per heavy atom. The second kappa shape index (κ2) is 15.0. The number of carbonyl (C=O) groups is 5. The molecule has 0 aliphatic carbocycles. The fourth-order valence-electron chi connectivity index (χ4n) is 1.64. The molecule has 0 fully saturated rings. The third kappa shape index (κ3) is 11.7. The molecule has 0 rings (SSSR count). The summed E-state index contributed by atoms with van der Waals surface area (Å²) >= 11 is 0. The van der Waals surface area contributed by atoms with E-state index >= 15 is 0 Å². The Kier molecular flexibility index (Phi) is 13.9. The van der Waals surface area contributed by atoms with E-state index in [1.165, 1.54) is 42.9 Å². The van der Waals surface area contributed by atoms with Crippen LogP contribution in [0.1, 0.15) is 12.8 Å². The molecule has 13 heteroatoms. The molecule has 0 radical (unpaired) electrons. The highest BCUT2D eigenvalue weighted by molar-refractivity contribution is 8.76. The van der Waals surface area contributed by atoms with Gasteiger partial charge in [0.1, 0.15) is 18.6 Å². The molecule has 0 aromatic rings. The lowest BCUT2D eigenvalue weighted by Crippen LogP contribution is -2.49. The van der Waals surface area contributed by atoms with Crippen LogP contribution in [0.3, 0.4) is 0 Å². The topological polar surface area (TPSA) is 166 Å². The van der Waals surface area contributed by atoms with Gasteiger partial charge in [-0.05, 0) is 6.42 Å². The summed E-state index contributed by atoms with van der Waals surface area (Å²) in [5.74, 6) is -2.18. The molecule has 0 aromatic carbocycles. The second-order valence-corrected chi connectivity index (χ2v) is 7.81. The van der Waals surface area contributed by atoms with Crippen molar-refractivity contribution in [2.45, 2.75) is 24.9 Å². The van der Waals surface area contributed by atoms with E-state index in [1.54, 1.807) is 0 Å². The average Bonchev–Trinajstić information content (AvgIpc) is 2.70. The van der Waals surface area contributed by atoms with Gasteiger partial charge in [-0.25, -0.2) is 0 Å². The minimum absolute atomic E-state index is 0.0492. The number of nitrogens with two attached hydrogens (primary N) is 1. The first kappa shape index (κ1) is 26.0. The fourth-order valence-corrected chi connectivity index (χ4v) is 3.71. The van der Waals surface area contributed by atoms with Crippen molar-refractivity contribution in [2.24, 2.45) is 5.73 Å². The Balaban J connectivity index is 4.65. The van der Waals surface area contributed by atoms with Crippen molar-refractivity contribution in [3.63, 3.8) is 0 Å². The quantitative estimate of drug-likeness (QED) is 0.146. The molecule has 0 heterocycles. The third-order valence-corrected chi connectivity index (χ3v) is 5.54. The molecule has 0 aromatic heterocycles. The first-order valence-electron chi connectivity index (χ1n) is 8.17. The van der Waals surface area contributed by atoms with E-state index in [4.69, 9.17) is 5.73 Å². The minimum atomic E-state index is -0.950. The zero-order chi connectivity index (χ0) is 21.5. The van der Waals surface area contributed by atoms with Gasteiger partial charge in [0.25, 0.3) is 0 Å². The molecule has 0 bridgehead atoms. The summed E-state index contributed by atoms with van der Waals surface area (Å²) in [5, 5.41) is 7.36. The predicted molar refractivity (Wildman–Crippen MR) is 105 cm³/mol. The largest absolute Gasteiger partial charge is 0.468 e. The monoisotopic (exact) mass is 438 g/mol. The standard InChI is InChI=1S/C15H26N4O7S2/c1-17-12(21)8-28-27-7-10(14(23)18-6-13(22)25-2)19-11(20)5-4-9(16)15(24)26-3/h9-10H,4-8,16H2,1-3H3,(H,17,21)(H,18,23)(H,19,20). The van der Waals surface area contributed by atoms with Crippen molar-refractivity contribution in [1.82, 2.24) is 16.0 Å². The Labute approximate surface area is 171 Å². The number of nitrogens with one attached hydrogen (secondary N) is 3. The summed E-state index contributed by atoms with van der Waals surface area (Å²) in [6.45, 7) is -0.342. The van der Waals surface area contributed by atoms with E-state index in [0.29, 0.717) is 0 Å². The van der Waals surface area contributed by atoms with Crippen molar-refractivity contribution in [2.75, 3.05) is 39.3 Å². The molecule has 0 saturated heterocycles. The van der Waals surface area contributed by atoms with Gasteiger partial charge in [0, 0.05) is 19.2 Å². The van der Waals surface area contributed by atoms with Crippen molar-refractivity contribution >= 4 is 51.2 Å². The van der Waals surface area contributed by atoms with Gasteiger partial charge in [-0.3, -0.25) is 24.0 Å². The van der Waals surface area contributed by atoms with Gasteiger partial charge in [0.05, 0.1) is 20.0 Å². The van der Waals surface area contributed by atoms with E-state index in [2.05, 4.69) is 25.4 Å². The van der Waals surface area contributed by atoms with Crippen LogP contribution < -0.4 is 21.7 Å². The molecule has 160 valence electrons. The highest BCUT2D eigenvalue weighted by Gasteiger charge is 2.23. The first-order chi connectivity index (χ1) is 13.2. The maximum Gasteiger partial charge on any atom is 0.325 e. The van der Waals surface area contributed by atoms with Crippen molar-refractivity contribution in [1.29, 1.82) is 0 Å². The van der Waals surface area contributed by atoms with Crippen LogP contribution in [0.5, 0.6) is 0 Å². The van der Waals surface area contributed by atoms with E-state index in [1.807, 2.05) is 0 Å². The van der Waals surface area contributed by atoms with E-state index in [-0.39, 0.29) is 36.8 Å². The minimum Gasteiger partial charge on any atom is -0.468 e. The molecule has 2 unspecified atom stereocenters. The van der Waals surface area contributed by atoms with E-state index in [0.717, 1.165) is 0 Å². The summed E-state index contributed by atoms with van der Waals surface area (Å²) in [6.07, 6.45) is -0.0410. The first-order valence-corrected chi connectivity index (χ1v) is 10.7. The van der Waals surface area contributed by atoms with Crippen LogP contribution in [0.25, 0.3) is 0 Å². The molecule has 0 aliphatic rings. The lowest BCUT2D eigenvalue weighted by molar-refractivity contribution is -0.142. The van der Waals surface area contributed by atoms with Gasteiger partial charge in [-0.15, -0.1) is 0 Å². The molecular formula is C15H26N4O7S2. The Hall–Kier alpha value is -1.99. The second-order valence-electron chi connectivity index (χ2n) is 5.30. The van der Waals surface area contributed by atoms with Crippen LogP contribution in [0, 0.1) is 0 Å². The van der Waals surface area contributed by atoms with Crippen LogP contribution in [-0.2, 0) is 33.4 Å². The van der Waals surface area contributed by atoms with E-state index in [9.17, 15) is 24.0 Å². The number of rotatable bonds is 13. The fraction of sp³-hybridized carbons (Fsp3) is 0.667. The Bertz CT molecular complexity index is 563. The molecule has 0 aliphatic heterocycles. The third-order valence-electron chi connectivity index (χ3n) is 3.26. The van der Waals surface area contributed by atoms with Crippen LogP contribution in [-0.4, -0.2) is 81.1 Å². The number of ether oxygens (including phenoxy) is 2. The molecule has 28 heavy (non-hydrogen) atoms. The maximum atomic E-state index is 12.2. The zero-order valence-corrected chi connectivity index (χ0v) is 17.6. The number of hydrogen-bond acceptors (Lipinski definition) is 10. The molecular weight excluding hydrogens is 412 g/mol. The summed E-state index contributed by atoms with van der Waals surface area (Å²) in [5.41, 5.74) is 5.57. The van der Waals surface area contributed by atoms with Gasteiger partial charge < -0.3 is 31.2 Å². The number of amides is 3.